The zero-order valence-corrected chi connectivity index (χ0v) is 12.3. The van der Waals surface area contributed by atoms with Crippen LogP contribution < -0.4 is 4.90 Å². The summed E-state index contributed by atoms with van der Waals surface area (Å²) in [6.07, 6.45) is 0. The van der Waals surface area contributed by atoms with E-state index in [0.29, 0.717) is 5.75 Å². The molecule has 1 aromatic rings. The molecule has 0 spiro atoms. The Labute approximate surface area is 110 Å². The maximum atomic E-state index is 11.5. The zero-order chi connectivity index (χ0) is 13.1. The molecule has 0 aliphatic rings. The van der Waals surface area contributed by atoms with Crippen LogP contribution in [-0.4, -0.2) is 43.1 Å². The van der Waals surface area contributed by atoms with E-state index in [1.807, 2.05) is 32.8 Å². The van der Waals surface area contributed by atoms with Crippen molar-refractivity contribution in [1.82, 2.24) is 10.2 Å². The molecule has 0 unspecified atom stereocenters. The lowest BCUT2D eigenvalue weighted by Gasteiger charge is -2.19. The third-order valence-electron chi connectivity index (χ3n) is 2.07. The first-order valence-electron chi connectivity index (χ1n) is 5.09. The molecule has 0 amide bonds. The van der Waals surface area contributed by atoms with Gasteiger partial charge in [-0.3, -0.25) is 4.79 Å². The van der Waals surface area contributed by atoms with E-state index in [2.05, 4.69) is 10.2 Å². The topological polar surface area (TPSA) is 55.3 Å². The summed E-state index contributed by atoms with van der Waals surface area (Å²) in [4.78, 5) is 13.4. The largest absolute Gasteiger partial charge is 0.469 e. The minimum atomic E-state index is -0.511. The predicted octanol–water partition coefficient (Wildman–Crippen LogP) is 1.90. The first-order valence-corrected chi connectivity index (χ1v) is 6.89. The van der Waals surface area contributed by atoms with Crippen molar-refractivity contribution in [3.8, 4) is 0 Å². The minimum absolute atomic E-state index is 0.206. The Morgan fingerprint density at radius 2 is 2.12 bits per heavy atom. The molecule has 96 valence electrons. The van der Waals surface area contributed by atoms with Crippen molar-refractivity contribution in [3.05, 3.63) is 0 Å². The van der Waals surface area contributed by atoms with Crippen LogP contribution in [0.15, 0.2) is 4.34 Å². The molecule has 0 bridgehead atoms. The maximum absolute atomic E-state index is 11.5. The molecule has 0 saturated heterocycles. The highest BCUT2D eigenvalue weighted by molar-refractivity contribution is 8.01. The van der Waals surface area contributed by atoms with Gasteiger partial charge in [-0.2, -0.15) is 0 Å². The van der Waals surface area contributed by atoms with Gasteiger partial charge in [-0.25, -0.2) is 0 Å². The summed E-state index contributed by atoms with van der Waals surface area (Å²) in [6.45, 7) is 3.72. The fourth-order valence-corrected chi connectivity index (χ4v) is 2.86. The lowest BCUT2D eigenvalue weighted by molar-refractivity contribution is -0.149. The fraction of sp³-hybridized carbons (Fsp3) is 0.700. The summed E-state index contributed by atoms with van der Waals surface area (Å²) in [5.41, 5.74) is -0.511. The molecule has 5 nitrogen and oxygen atoms in total. The number of anilines is 1. The fourth-order valence-electron chi connectivity index (χ4n) is 1.02. The quantitative estimate of drug-likeness (QED) is 0.604. The van der Waals surface area contributed by atoms with Gasteiger partial charge >= 0.3 is 5.97 Å². The summed E-state index contributed by atoms with van der Waals surface area (Å²) in [7, 11) is 5.25. The molecule has 1 rings (SSSR count). The Morgan fingerprint density at radius 3 is 2.59 bits per heavy atom. The van der Waals surface area contributed by atoms with Gasteiger partial charge in [0.15, 0.2) is 4.34 Å². The summed E-state index contributed by atoms with van der Waals surface area (Å²) >= 11 is 3.04. The van der Waals surface area contributed by atoms with Crippen molar-refractivity contribution in [2.24, 2.45) is 5.41 Å². The average Bonchev–Trinajstić information content (AvgIpc) is 2.74. The summed E-state index contributed by atoms with van der Waals surface area (Å²) < 4.78 is 5.62. The van der Waals surface area contributed by atoms with Crippen LogP contribution in [-0.2, 0) is 9.53 Å². The number of methoxy groups -OCH3 is 1. The molecular formula is C10H17N3O2S2. The third kappa shape index (κ3) is 3.85. The van der Waals surface area contributed by atoms with Crippen LogP contribution in [0.2, 0.25) is 0 Å². The van der Waals surface area contributed by atoms with Crippen molar-refractivity contribution in [2.75, 3.05) is 31.9 Å². The number of aromatic nitrogens is 2. The van der Waals surface area contributed by atoms with Crippen LogP contribution in [0.5, 0.6) is 0 Å². The molecule has 0 aliphatic heterocycles. The Balaban J connectivity index is 2.58. The van der Waals surface area contributed by atoms with Crippen LogP contribution >= 0.6 is 23.1 Å². The van der Waals surface area contributed by atoms with E-state index >= 15 is 0 Å². The molecule has 0 atom stereocenters. The second-order valence-electron chi connectivity index (χ2n) is 4.41. The van der Waals surface area contributed by atoms with Gasteiger partial charge in [-0.15, -0.1) is 10.2 Å². The Bertz CT molecular complexity index is 391. The van der Waals surface area contributed by atoms with Crippen LogP contribution in [0, 0.1) is 5.41 Å². The van der Waals surface area contributed by atoms with E-state index in [-0.39, 0.29) is 5.97 Å². The summed E-state index contributed by atoms with van der Waals surface area (Å²) in [5, 5.41) is 8.97. The average molecular weight is 275 g/mol. The predicted molar refractivity (Wildman–Crippen MR) is 70.8 cm³/mol. The number of carbonyl (C=O) groups is 1. The first-order chi connectivity index (χ1) is 7.86. The number of hydrogen-bond donors (Lipinski definition) is 0. The van der Waals surface area contributed by atoms with Crippen molar-refractivity contribution in [2.45, 2.75) is 18.2 Å². The van der Waals surface area contributed by atoms with E-state index in [4.69, 9.17) is 4.74 Å². The van der Waals surface area contributed by atoms with E-state index in [1.165, 1.54) is 30.2 Å². The highest BCUT2D eigenvalue weighted by Gasteiger charge is 2.29. The van der Waals surface area contributed by atoms with E-state index < -0.39 is 5.41 Å². The zero-order valence-electron chi connectivity index (χ0n) is 10.7. The summed E-state index contributed by atoms with van der Waals surface area (Å²) in [6, 6.07) is 0. The van der Waals surface area contributed by atoms with Crippen LogP contribution in [0.4, 0.5) is 5.13 Å². The maximum Gasteiger partial charge on any atom is 0.312 e. The van der Waals surface area contributed by atoms with Gasteiger partial charge in [0.05, 0.1) is 12.5 Å². The van der Waals surface area contributed by atoms with Gasteiger partial charge in [-0.1, -0.05) is 23.1 Å². The first kappa shape index (κ1) is 14.2. The standard InChI is InChI=1S/C10H17N3O2S2/c1-10(2,7(14)15-5)6-16-9-12-11-8(17-9)13(3)4/h6H2,1-5H3. The van der Waals surface area contributed by atoms with Crippen molar-refractivity contribution in [1.29, 1.82) is 0 Å². The van der Waals surface area contributed by atoms with Crippen molar-refractivity contribution >= 4 is 34.2 Å². The van der Waals surface area contributed by atoms with Crippen LogP contribution in [0.25, 0.3) is 0 Å². The third-order valence-corrected chi connectivity index (χ3v) is 4.76. The highest BCUT2D eigenvalue weighted by atomic mass is 32.2. The molecule has 7 heteroatoms. The van der Waals surface area contributed by atoms with E-state index in [1.54, 1.807) is 0 Å². The number of carbonyl (C=O) groups excluding carboxylic acids is 1. The molecule has 1 heterocycles. The number of thioether (sulfide) groups is 1. The summed E-state index contributed by atoms with van der Waals surface area (Å²) in [5.74, 6) is 0.421. The molecule has 0 radical (unpaired) electrons. The molecule has 1 aromatic heterocycles. The molecule has 0 fully saturated rings. The number of hydrogen-bond acceptors (Lipinski definition) is 7. The van der Waals surface area contributed by atoms with Gasteiger partial charge in [-0.05, 0) is 13.8 Å². The van der Waals surface area contributed by atoms with Crippen LogP contribution in [0.3, 0.4) is 0 Å². The second-order valence-corrected chi connectivity index (χ2v) is 6.59. The van der Waals surface area contributed by atoms with Gasteiger partial charge in [0.2, 0.25) is 5.13 Å². The Morgan fingerprint density at radius 1 is 1.47 bits per heavy atom. The van der Waals surface area contributed by atoms with Gasteiger partial charge in [0.1, 0.15) is 0 Å². The SMILES string of the molecule is COC(=O)C(C)(C)CSc1nnc(N(C)C)s1. The lowest BCUT2D eigenvalue weighted by atomic mass is 9.97. The minimum Gasteiger partial charge on any atom is -0.469 e. The molecule has 0 N–H and O–H groups in total. The van der Waals surface area contributed by atoms with E-state index in [0.717, 1.165) is 9.47 Å². The molecule has 17 heavy (non-hydrogen) atoms. The molecule has 0 aromatic carbocycles. The van der Waals surface area contributed by atoms with Gasteiger partial charge < -0.3 is 9.64 Å². The molecule has 0 saturated carbocycles. The second kappa shape index (κ2) is 5.68. The van der Waals surface area contributed by atoms with Crippen molar-refractivity contribution in [3.63, 3.8) is 0 Å². The Kier molecular flexibility index (Phi) is 4.76. The van der Waals surface area contributed by atoms with Crippen molar-refractivity contribution < 1.29 is 9.53 Å². The highest BCUT2D eigenvalue weighted by Crippen LogP contribution is 2.32. The number of ether oxygens (including phenoxy) is 1. The number of nitrogens with zero attached hydrogens (tertiary/aromatic N) is 3. The molecule has 0 aliphatic carbocycles. The number of rotatable bonds is 5. The Hall–Kier alpha value is -0.820. The molecular weight excluding hydrogens is 258 g/mol. The number of esters is 1. The van der Waals surface area contributed by atoms with Gasteiger partial charge in [0, 0.05) is 19.8 Å². The van der Waals surface area contributed by atoms with Gasteiger partial charge in [0.25, 0.3) is 0 Å². The lowest BCUT2D eigenvalue weighted by Crippen LogP contribution is -2.28. The van der Waals surface area contributed by atoms with E-state index in [9.17, 15) is 4.79 Å². The monoisotopic (exact) mass is 275 g/mol. The van der Waals surface area contributed by atoms with Crippen LogP contribution in [0.1, 0.15) is 13.8 Å². The normalized spacial score (nSPS) is 11.4. The smallest absolute Gasteiger partial charge is 0.312 e.